The third-order valence-corrected chi connectivity index (χ3v) is 2.50. The van der Waals surface area contributed by atoms with E-state index in [0.717, 1.165) is 5.56 Å². The SMILES string of the molecule is Cc1nc(Cl)cc(Oc2ccc(C#N)cc2C)n1. The summed E-state index contributed by atoms with van der Waals surface area (Å²) in [5.74, 6) is 1.58. The molecule has 0 spiro atoms. The number of hydrogen-bond acceptors (Lipinski definition) is 4. The number of aromatic nitrogens is 2. The molecule has 2 aromatic rings. The van der Waals surface area contributed by atoms with Crippen molar-refractivity contribution in [3.63, 3.8) is 0 Å². The molecule has 0 bridgehead atoms. The van der Waals surface area contributed by atoms with Gasteiger partial charge in [-0.1, -0.05) is 11.6 Å². The molecule has 0 saturated carbocycles. The van der Waals surface area contributed by atoms with E-state index < -0.39 is 0 Å². The minimum Gasteiger partial charge on any atom is -0.439 e. The van der Waals surface area contributed by atoms with Gasteiger partial charge < -0.3 is 4.74 Å². The van der Waals surface area contributed by atoms with Crippen LogP contribution in [-0.2, 0) is 0 Å². The highest BCUT2D eigenvalue weighted by Gasteiger charge is 2.06. The molecule has 0 radical (unpaired) electrons. The van der Waals surface area contributed by atoms with E-state index in [-0.39, 0.29) is 0 Å². The lowest BCUT2D eigenvalue weighted by molar-refractivity contribution is 0.456. The van der Waals surface area contributed by atoms with Crippen LogP contribution < -0.4 is 4.74 Å². The lowest BCUT2D eigenvalue weighted by Crippen LogP contribution is -1.94. The van der Waals surface area contributed by atoms with Crippen molar-refractivity contribution in [1.29, 1.82) is 5.26 Å². The van der Waals surface area contributed by atoms with Gasteiger partial charge in [-0.15, -0.1) is 0 Å². The Balaban J connectivity index is 2.31. The van der Waals surface area contributed by atoms with Crippen molar-refractivity contribution in [2.24, 2.45) is 0 Å². The molecule has 1 heterocycles. The molecule has 0 amide bonds. The minimum absolute atomic E-state index is 0.337. The van der Waals surface area contributed by atoms with Gasteiger partial charge in [0.15, 0.2) is 0 Å². The number of ether oxygens (including phenoxy) is 1. The van der Waals surface area contributed by atoms with E-state index in [4.69, 9.17) is 21.6 Å². The van der Waals surface area contributed by atoms with Gasteiger partial charge in [0.1, 0.15) is 16.7 Å². The van der Waals surface area contributed by atoms with Gasteiger partial charge in [0.2, 0.25) is 5.88 Å². The number of nitriles is 1. The Labute approximate surface area is 110 Å². The third kappa shape index (κ3) is 2.76. The van der Waals surface area contributed by atoms with Crippen molar-refractivity contribution in [1.82, 2.24) is 9.97 Å². The summed E-state index contributed by atoms with van der Waals surface area (Å²) in [6.07, 6.45) is 0. The Hall–Kier alpha value is -2.12. The van der Waals surface area contributed by atoms with Crippen molar-refractivity contribution in [2.45, 2.75) is 13.8 Å². The number of halogens is 1. The molecule has 0 fully saturated rings. The first kappa shape index (κ1) is 12.3. The number of aryl methyl sites for hydroxylation is 2. The van der Waals surface area contributed by atoms with Gasteiger partial charge in [0, 0.05) is 6.07 Å². The first-order valence-corrected chi connectivity index (χ1v) is 5.66. The quantitative estimate of drug-likeness (QED) is 0.776. The van der Waals surface area contributed by atoms with Crippen LogP contribution in [0.2, 0.25) is 5.15 Å². The minimum atomic E-state index is 0.337. The monoisotopic (exact) mass is 259 g/mol. The molecule has 0 aliphatic carbocycles. The molecule has 0 unspecified atom stereocenters. The first-order chi connectivity index (χ1) is 8.58. The highest BCUT2D eigenvalue weighted by molar-refractivity contribution is 6.29. The zero-order chi connectivity index (χ0) is 13.1. The van der Waals surface area contributed by atoms with Crippen LogP contribution >= 0.6 is 11.6 Å². The van der Waals surface area contributed by atoms with E-state index in [9.17, 15) is 0 Å². The van der Waals surface area contributed by atoms with Gasteiger partial charge in [-0.25, -0.2) is 4.98 Å². The normalized spacial score (nSPS) is 9.89. The fourth-order valence-electron chi connectivity index (χ4n) is 1.50. The second-order valence-corrected chi connectivity index (χ2v) is 4.16. The van der Waals surface area contributed by atoms with Crippen LogP contribution in [-0.4, -0.2) is 9.97 Å². The molecule has 0 atom stereocenters. The van der Waals surface area contributed by atoms with Gasteiger partial charge >= 0.3 is 0 Å². The molecule has 0 aliphatic rings. The Morgan fingerprint density at radius 2 is 2.00 bits per heavy atom. The zero-order valence-corrected chi connectivity index (χ0v) is 10.7. The van der Waals surface area contributed by atoms with Crippen molar-refractivity contribution in [3.05, 3.63) is 46.4 Å². The van der Waals surface area contributed by atoms with Crippen molar-refractivity contribution < 1.29 is 4.74 Å². The highest BCUT2D eigenvalue weighted by atomic mass is 35.5. The van der Waals surface area contributed by atoms with E-state index in [1.165, 1.54) is 0 Å². The topological polar surface area (TPSA) is 58.8 Å². The van der Waals surface area contributed by atoms with Crippen LogP contribution in [0.5, 0.6) is 11.6 Å². The lowest BCUT2D eigenvalue weighted by Gasteiger charge is -2.08. The molecule has 2 rings (SSSR count). The molecule has 0 saturated heterocycles. The van der Waals surface area contributed by atoms with Crippen molar-refractivity contribution >= 4 is 11.6 Å². The van der Waals surface area contributed by atoms with Gasteiger partial charge in [-0.05, 0) is 37.6 Å². The molecule has 0 aliphatic heterocycles. The van der Waals surface area contributed by atoms with Crippen molar-refractivity contribution in [2.75, 3.05) is 0 Å². The van der Waals surface area contributed by atoms with E-state index in [1.807, 2.05) is 6.92 Å². The van der Waals surface area contributed by atoms with E-state index >= 15 is 0 Å². The Kier molecular flexibility index (Phi) is 3.45. The smallest absolute Gasteiger partial charge is 0.224 e. The van der Waals surface area contributed by atoms with Crippen LogP contribution in [0.1, 0.15) is 17.0 Å². The molecule has 0 N–H and O–H groups in total. The number of nitrogens with zero attached hydrogens (tertiary/aromatic N) is 3. The van der Waals surface area contributed by atoms with Crippen LogP contribution in [0.3, 0.4) is 0 Å². The molecule has 4 nitrogen and oxygen atoms in total. The van der Waals surface area contributed by atoms with Gasteiger partial charge in [0.05, 0.1) is 11.6 Å². The summed E-state index contributed by atoms with van der Waals surface area (Å²) >= 11 is 5.83. The Morgan fingerprint density at radius 3 is 2.61 bits per heavy atom. The molecule has 1 aromatic heterocycles. The highest BCUT2D eigenvalue weighted by Crippen LogP contribution is 2.25. The van der Waals surface area contributed by atoms with E-state index in [2.05, 4.69) is 16.0 Å². The molecular formula is C13H10ClN3O. The molecular weight excluding hydrogens is 250 g/mol. The fraction of sp³-hybridized carbons (Fsp3) is 0.154. The van der Waals surface area contributed by atoms with Crippen LogP contribution in [0.15, 0.2) is 24.3 Å². The summed E-state index contributed by atoms with van der Waals surface area (Å²) in [6, 6.07) is 8.81. The zero-order valence-electron chi connectivity index (χ0n) is 9.94. The summed E-state index contributed by atoms with van der Waals surface area (Å²) in [5.41, 5.74) is 1.46. The van der Waals surface area contributed by atoms with E-state index in [1.54, 1.807) is 31.2 Å². The Bertz CT molecular complexity index is 614. The fourth-order valence-corrected chi connectivity index (χ4v) is 1.72. The molecule has 18 heavy (non-hydrogen) atoms. The molecule has 1 aromatic carbocycles. The maximum atomic E-state index is 8.79. The second-order valence-electron chi connectivity index (χ2n) is 3.77. The number of rotatable bonds is 2. The second kappa shape index (κ2) is 5.03. The summed E-state index contributed by atoms with van der Waals surface area (Å²) < 4.78 is 5.63. The molecule has 90 valence electrons. The first-order valence-electron chi connectivity index (χ1n) is 5.28. The summed E-state index contributed by atoms with van der Waals surface area (Å²) in [5, 5.41) is 9.12. The van der Waals surface area contributed by atoms with Crippen molar-refractivity contribution in [3.8, 4) is 17.7 Å². The van der Waals surface area contributed by atoms with Crippen LogP contribution in [0, 0.1) is 25.2 Å². The maximum Gasteiger partial charge on any atom is 0.224 e. The van der Waals surface area contributed by atoms with E-state index in [0.29, 0.717) is 28.2 Å². The average Bonchev–Trinajstić information content (AvgIpc) is 2.30. The van der Waals surface area contributed by atoms with Gasteiger partial charge in [-0.2, -0.15) is 10.2 Å². The largest absolute Gasteiger partial charge is 0.439 e. The predicted octanol–water partition coefficient (Wildman–Crippen LogP) is 3.41. The Morgan fingerprint density at radius 1 is 1.22 bits per heavy atom. The lowest BCUT2D eigenvalue weighted by atomic mass is 10.1. The van der Waals surface area contributed by atoms with Gasteiger partial charge in [-0.3, -0.25) is 0 Å². The summed E-state index contributed by atoms with van der Waals surface area (Å²) in [4.78, 5) is 8.09. The number of hydrogen-bond donors (Lipinski definition) is 0. The molecule has 5 heteroatoms. The average molecular weight is 260 g/mol. The third-order valence-electron chi connectivity index (χ3n) is 2.30. The van der Waals surface area contributed by atoms with Gasteiger partial charge in [0.25, 0.3) is 0 Å². The summed E-state index contributed by atoms with van der Waals surface area (Å²) in [6.45, 7) is 3.61. The standard InChI is InChI=1S/C13H10ClN3O/c1-8-5-10(7-15)3-4-11(8)18-13-6-12(14)16-9(2)17-13/h3-6H,1-2H3. The summed E-state index contributed by atoms with van der Waals surface area (Å²) in [7, 11) is 0. The number of benzene rings is 1. The van der Waals surface area contributed by atoms with Crippen LogP contribution in [0.25, 0.3) is 0 Å². The predicted molar refractivity (Wildman–Crippen MR) is 67.7 cm³/mol. The maximum absolute atomic E-state index is 8.79. The van der Waals surface area contributed by atoms with Crippen LogP contribution in [0.4, 0.5) is 0 Å².